The Labute approximate surface area is 141 Å². The number of nitrogens with two attached hydrogens (primary N) is 2. The number of hydrogen-bond acceptors (Lipinski definition) is 4. The first-order chi connectivity index (χ1) is 11.7. The molecule has 0 aromatic heterocycles. The summed E-state index contributed by atoms with van der Waals surface area (Å²) in [5.41, 5.74) is 16.6. The summed E-state index contributed by atoms with van der Waals surface area (Å²) in [5, 5.41) is 8.59. The number of azo groups is 1. The molecule has 0 aliphatic carbocycles. The first-order valence-corrected chi connectivity index (χ1v) is 7.62. The van der Waals surface area contributed by atoms with E-state index < -0.39 is 0 Å². The van der Waals surface area contributed by atoms with Crippen LogP contribution in [0.15, 0.2) is 83.0 Å². The molecule has 0 spiro atoms. The number of nitrogen functional groups attached to an aromatic ring is 2. The summed E-state index contributed by atoms with van der Waals surface area (Å²) >= 11 is 0. The average molecular weight is 314 g/mol. The van der Waals surface area contributed by atoms with Crippen LogP contribution in [-0.2, 0) is 0 Å². The fourth-order valence-electron chi connectivity index (χ4n) is 2.25. The summed E-state index contributed by atoms with van der Waals surface area (Å²) in [7, 11) is 0. The molecular formula is C20H18N4. The minimum atomic E-state index is 0.603. The molecule has 0 heterocycles. The van der Waals surface area contributed by atoms with Gasteiger partial charge >= 0.3 is 0 Å². The standard InChI is InChI=1S/C20H18N4/c21-17-9-3-1-7-15(17)13-14-16-8-2-5-11-19(16)23-24-20-12-6-4-10-18(20)22/h1-14H,21-22H2/b14-13+,24-23?. The van der Waals surface area contributed by atoms with Crippen LogP contribution in [0.1, 0.15) is 11.1 Å². The second-order valence-electron chi connectivity index (χ2n) is 5.28. The molecule has 118 valence electrons. The minimum absolute atomic E-state index is 0.603. The van der Waals surface area contributed by atoms with Crippen molar-refractivity contribution >= 4 is 34.9 Å². The molecule has 0 saturated carbocycles. The molecule has 4 nitrogen and oxygen atoms in total. The van der Waals surface area contributed by atoms with Gasteiger partial charge in [-0.1, -0.05) is 60.7 Å². The number of hydrogen-bond donors (Lipinski definition) is 2. The van der Waals surface area contributed by atoms with Gasteiger partial charge in [0.2, 0.25) is 0 Å². The summed E-state index contributed by atoms with van der Waals surface area (Å²) < 4.78 is 0. The van der Waals surface area contributed by atoms with Gasteiger partial charge in [-0.3, -0.25) is 0 Å². The third-order valence-electron chi connectivity index (χ3n) is 3.58. The molecule has 0 unspecified atom stereocenters. The zero-order chi connectivity index (χ0) is 16.8. The maximum absolute atomic E-state index is 5.97. The molecule has 4 heteroatoms. The van der Waals surface area contributed by atoms with Gasteiger partial charge in [0.05, 0.1) is 11.4 Å². The maximum Gasteiger partial charge on any atom is 0.109 e. The molecule has 4 N–H and O–H groups in total. The van der Waals surface area contributed by atoms with Gasteiger partial charge in [-0.15, -0.1) is 10.2 Å². The maximum atomic E-state index is 5.97. The van der Waals surface area contributed by atoms with Gasteiger partial charge in [-0.05, 0) is 29.8 Å². The lowest BCUT2D eigenvalue weighted by atomic mass is 10.1. The van der Waals surface area contributed by atoms with Crippen LogP contribution in [0.25, 0.3) is 12.2 Å². The van der Waals surface area contributed by atoms with E-state index in [9.17, 15) is 0 Å². The lowest BCUT2D eigenvalue weighted by molar-refractivity contribution is 1.23. The van der Waals surface area contributed by atoms with E-state index in [-0.39, 0.29) is 0 Å². The minimum Gasteiger partial charge on any atom is -0.398 e. The van der Waals surface area contributed by atoms with Gasteiger partial charge in [0, 0.05) is 11.3 Å². The zero-order valence-electron chi connectivity index (χ0n) is 13.1. The van der Waals surface area contributed by atoms with Gasteiger partial charge < -0.3 is 11.5 Å². The van der Waals surface area contributed by atoms with E-state index in [1.807, 2.05) is 78.9 Å². The SMILES string of the molecule is Nc1ccccc1/C=C/c1ccccc1N=Nc1ccccc1N. The molecule has 0 aliphatic rings. The van der Waals surface area contributed by atoms with Crippen LogP contribution in [-0.4, -0.2) is 0 Å². The summed E-state index contributed by atoms with van der Waals surface area (Å²) in [5.74, 6) is 0. The smallest absolute Gasteiger partial charge is 0.109 e. The van der Waals surface area contributed by atoms with Gasteiger partial charge in [0.25, 0.3) is 0 Å². The Bertz CT molecular complexity index is 823. The Morgan fingerprint density at radius 3 is 1.75 bits per heavy atom. The fourth-order valence-corrected chi connectivity index (χ4v) is 2.25. The highest BCUT2D eigenvalue weighted by Gasteiger charge is 1.99. The van der Waals surface area contributed by atoms with Crippen molar-refractivity contribution in [2.24, 2.45) is 10.2 Å². The topological polar surface area (TPSA) is 76.8 Å². The lowest BCUT2D eigenvalue weighted by Crippen LogP contribution is -1.87. The molecule has 0 saturated heterocycles. The van der Waals surface area contributed by atoms with Gasteiger partial charge in [-0.2, -0.15) is 0 Å². The van der Waals surface area contributed by atoms with Crippen LogP contribution in [0, 0.1) is 0 Å². The van der Waals surface area contributed by atoms with Crippen molar-refractivity contribution in [1.82, 2.24) is 0 Å². The fraction of sp³-hybridized carbons (Fsp3) is 0. The summed E-state index contributed by atoms with van der Waals surface area (Å²) in [6.07, 6.45) is 3.95. The predicted octanol–water partition coefficient (Wildman–Crippen LogP) is 5.44. The van der Waals surface area contributed by atoms with Crippen LogP contribution < -0.4 is 11.5 Å². The van der Waals surface area contributed by atoms with E-state index in [1.165, 1.54) is 0 Å². The number of rotatable bonds is 4. The molecule has 3 aromatic rings. The van der Waals surface area contributed by atoms with Gasteiger partial charge in [0.15, 0.2) is 0 Å². The van der Waals surface area contributed by atoms with Crippen molar-refractivity contribution in [2.75, 3.05) is 11.5 Å². The zero-order valence-corrected chi connectivity index (χ0v) is 13.1. The van der Waals surface area contributed by atoms with Crippen molar-refractivity contribution in [1.29, 1.82) is 0 Å². The van der Waals surface area contributed by atoms with Crippen LogP contribution >= 0.6 is 0 Å². The van der Waals surface area contributed by atoms with Crippen LogP contribution in [0.3, 0.4) is 0 Å². The first kappa shape index (κ1) is 15.5. The molecule has 3 rings (SSSR count). The van der Waals surface area contributed by atoms with Crippen molar-refractivity contribution < 1.29 is 0 Å². The second-order valence-corrected chi connectivity index (χ2v) is 5.28. The molecule has 0 fully saturated rings. The summed E-state index contributed by atoms with van der Waals surface area (Å²) in [6.45, 7) is 0. The average Bonchev–Trinajstić information content (AvgIpc) is 2.61. The van der Waals surface area contributed by atoms with E-state index in [4.69, 9.17) is 11.5 Å². The summed E-state index contributed by atoms with van der Waals surface area (Å²) in [6, 6.07) is 22.9. The highest BCUT2D eigenvalue weighted by atomic mass is 15.1. The molecule has 0 bridgehead atoms. The van der Waals surface area contributed by atoms with Crippen LogP contribution in [0.5, 0.6) is 0 Å². The second kappa shape index (κ2) is 7.24. The quantitative estimate of drug-likeness (QED) is 0.382. The predicted molar refractivity (Wildman–Crippen MR) is 101 cm³/mol. The molecule has 0 atom stereocenters. The van der Waals surface area contributed by atoms with Gasteiger partial charge in [-0.25, -0.2) is 0 Å². The third kappa shape index (κ3) is 3.67. The highest BCUT2D eigenvalue weighted by molar-refractivity contribution is 5.79. The van der Waals surface area contributed by atoms with Crippen LogP contribution in [0.2, 0.25) is 0 Å². The normalized spacial score (nSPS) is 11.3. The van der Waals surface area contributed by atoms with Crippen molar-refractivity contribution in [3.05, 3.63) is 83.9 Å². The molecule has 0 radical (unpaired) electrons. The molecule has 24 heavy (non-hydrogen) atoms. The van der Waals surface area contributed by atoms with Crippen molar-refractivity contribution in [3.63, 3.8) is 0 Å². The first-order valence-electron chi connectivity index (χ1n) is 7.62. The van der Waals surface area contributed by atoms with Crippen molar-refractivity contribution in [3.8, 4) is 0 Å². The molecular weight excluding hydrogens is 296 g/mol. The van der Waals surface area contributed by atoms with E-state index in [0.717, 1.165) is 22.5 Å². The van der Waals surface area contributed by atoms with Crippen molar-refractivity contribution in [2.45, 2.75) is 0 Å². The Hall–Kier alpha value is -3.40. The van der Waals surface area contributed by atoms with E-state index in [0.29, 0.717) is 11.4 Å². The summed E-state index contributed by atoms with van der Waals surface area (Å²) in [4.78, 5) is 0. The number of nitrogens with zero attached hydrogens (tertiary/aromatic N) is 2. The number of anilines is 2. The Balaban J connectivity index is 1.89. The molecule has 0 amide bonds. The van der Waals surface area contributed by atoms with Gasteiger partial charge in [0.1, 0.15) is 5.69 Å². The molecule has 0 aliphatic heterocycles. The monoisotopic (exact) mass is 314 g/mol. The Morgan fingerprint density at radius 1 is 0.542 bits per heavy atom. The Morgan fingerprint density at radius 2 is 1.04 bits per heavy atom. The molecule has 3 aromatic carbocycles. The van der Waals surface area contributed by atoms with E-state index in [2.05, 4.69) is 10.2 Å². The lowest BCUT2D eigenvalue weighted by Gasteiger charge is -2.02. The largest absolute Gasteiger partial charge is 0.398 e. The van der Waals surface area contributed by atoms with E-state index in [1.54, 1.807) is 6.07 Å². The van der Waals surface area contributed by atoms with Crippen LogP contribution in [0.4, 0.5) is 22.7 Å². The third-order valence-corrected chi connectivity index (χ3v) is 3.58. The number of benzene rings is 3. The highest BCUT2D eigenvalue weighted by Crippen LogP contribution is 2.27. The number of para-hydroxylation sites is 2. The Kier molecular flexibility index (Phi) is 4.68. The van der Waals surface area contributed by atoms with E-state index >= 15 is 0 Å².